The van der Waals surface area contributed by atoms with E-state index in [1.165, 1.54) is 0 Å². The zero-order valence-corrected chi connectivity index (χ0v) is 21.8. The van der Waals surface area contributed by atoms with Crippen LogP contribution in [0.2, 0.25) is 0 Å². The van der Waals surface area contributed by atoms with Crippen molar-refractivity contribution in [1.29, 1.82) is 0 Å². The number of alkyl halides is 3. The number of carboxylic acid groups (broad SMARTS) is 1. The summed E-state index contributed by atoms with van der Waals surface area (Å²) in [6.07, 6.45) is -0.940. The van der Waals surface area contributed by atoms with Crippen LogP contribution in [0.5, 0.6) is 17.2 Å². The van der Waals surface area contributed by atoms with Gasteiger partial charge in [0.15, 0.2) is 0 Å². The first kappa shape index (κ1) is 29.0. The third kappa shape index (κ3) is 7.78. The van der Waals surface area contributed by atoms with Crippen LogP contribution in [0.4, 0.5) is 18.9 Å². The number of nitrogens with zero attached hydrogens (tertiary/aromatic N) is 1. The Labute approximate surface area is 232 Å². The van der Waals surface area contributed by atoms with Gasteiger partial charge in [0.2, 0.25) is 5.91 Å². The molecular weight excluding hydrogens is 543 g/mol. The standard InChI is InChI=1S/C27H25N3O4.C2HF3O2/c1-32-23-8-10-25-20(12-23)11-21(17-34-25)27(31)30-24-9-7-19(22-14-28-29-15-22)13-26(24)33-16-18-5-3-2-4-6-18;3-2(4,5)1(6)7/h2-10,12-15,21H,11,16-17H2,1H3,(H,28,29)(H,30,31);(H,6,7). The van der Waals surface area contributed by atoms with E-state index < -0.39 is 12.1 Å². The number of halogens is 3. The minimum atomic E-state index is -5.08. The molecule has 0 fully saturated rings. The van der Waals surface area contributed by atoms with Crippen molar-refractivity contribution in [1.82, 2.24) is 10.2 Å². The highest BCUT2D eigenvalue weighted by Gasteiger charge is 2.38. The number of nitrogens with one attached hydrogen (secondary N) is 2. The number of hydrogen-bond acceptors (Lipinski definition) is 6. The van der Waals surface area contributed by atoms with Crippen molar-refractivity contribution < 1.29 is 42.1 Å². The monoisotopic (exact) mass is 569 g/mol. The van der Waals surface area contributed by atoms with Gasteiger partial charge in [-0.3, -0.25) is 9.89 Å². The molecule has 1 aliphatic rings. The van der Waals surface area contributed by atoms with Gasteiger partial charge in [0, 0.05) is 11.8 Å². The molecular formula is C29H26F3N3O6. The second kappa shape index (κ2) is 12.9. The van der Waals surface area contributed by atoms with Crippen molar-refractivity contribution >= 4 is 17.6 Å². The third-order valence-corrected chi connectivity index (χ3v) is 6.10. The second-order valence-corrected chi connectivity index (χ2v) is 8.95. The van der Waals surface area contributed by atoms with Crippen LogP contribution in [0.3, 0.4) is 0 Å². The Morgan fingerprint density at radius 1 is 1.10 bits per heavy atom. The maximum absolute atomic E-state index is 13.2. The molecule has 0 aliphatic carbocycles. The topological polar surface area (TPSA) is 123 Å². The fraction of sp³-hybridized carbons (Fsp3) is 0.207. The second-order valence-electron chi connectivity index (χ2n) is 8.95. The lowest BCUT2D eigenvalue weighted by Crippen LogP contribution is -2.32. The van der Waals surface area contributed by atoms with Gasteiger partial charge >= 0.3 is 12.1 Å². The van der Waals surface area contributed by atoms with Crippen LogP contribution < -0.4 is 19.5 Å². The summed E-state index contributed by atoms with van der Waals surface area (Å²) in [6.45, 7) is 0.705. The molecule has 1 atom stereocenters. The summed E-state index contributed by atoms with van der Waals surface area (Å²) >= 11 is 0. The lowest BCUT2D eigenvalue weighted by molar-refractivity contribution is -0.192. The number of aliphatic carboxylic acids is 1. The molecule has 0 radical (unpaired) electrons. The number of carbonyl (C=O) groups is 2. The SMILES string of the molecule is COc1ccc2c(c1)CC(C(=O)Nc1ccc(-c3cn[nH]c3)cc1OCc1ccccc1)CO2.O=C(O)C(F)(F)F. The molecule has 0 bridgehead atoms. The van der Waals surface area contributed by atoms with E-state index >= 15 is 0 Å². The average Bonchev–Trinajstić information content (AvgIpc) is 3.51. The number of fused-ring (bicyclic) bond motifs is 1. The Kier molecular flexibility index (Phi) is 9.12. The van der Waals surface area contributed by atoms with Gasteiger partial charge < -0.3 is 24.6 Å². The van der Waals surface area contributed by atoms with Gasteiger partial charge in [0.1, 0.15) is 30.5 Å². The molecule has 12 heteroatoms. The van der Waals surface area contributed by atoms with Crippen LogP contribution in [-0.2, 0) is 22.6 Å². The minimum absolute atomic E-state index is 0.117. The number of amides is 1. The van der Waals surface area contributed by atoms with E-state index in [0.29, 0.717) is 31.1 Å². The molecule has 3 N–H and O–H groups in total. The maximum atomic E-state index is 13.2. The Morgan fingerprint density at radius 2 is 1.85 bits per heavy atom. The normalized spacial score (nSPS) is 14.0. The molecule has 1 aromatic heterocycles. The average molecular weight is 570 g/mol. The van der Waals surface area contributed by atoms with Crippen LogP contribution in [0, 0.1) is 5.92 Å². The summed E-state index contributed by atoms with van der Waals surface area (Å²) in [4.78, 5) is 22.1. The number of aromatic nitrogens is 2. The molecule has 3 aromatic carbocycles. The first-order chi connectivity index (χ1) is 19.6. The van der Waals surface area contributed by atoms with Crippen LogP contribution in [-0.4, -0.2) is 47.1 Å². The van der Waals surface area contributed by atoms with Gasteiger partial charge in [-0.15, -0.1) is 0 Å². The van der Waals surface area contributed by atoms with Crippen molar-refractivity contribution in [2.45, 2.75) is 19.2 Å². The number of hydrogen-bond donors (Lipinski definition) is 3. The summed E-state index contributed by atoms with van der Waals surface area (Å²) in [6, 6.07) is 21.3. The highest BCUT2D eigenvalue weighted by molar-refractivity contribution is 5.95. The Bertz CT molecular complexity index is 1480. The van der Waals surface area contributed by atoms with Gasteiger partial charge in [0.05, 0.1) is 24.9 Å². The molecule has 4 aromatic rings. The zero-order chi connectivity index (χ0) is 29.4. The molecule has 1 unspecified atom stereocenters. The summed E-state index contributed by atoms with van der Waals surface area (Å²) in [7, 11) is 1.62. The van der Waals surface area contributed by atoms with Gasteiger partial charge in [0.25, 0.3) is 0 Å². The minimum Gasteiger partial charge on any atom is -0.497 e. The van der Waals surface area contributed by atoms with E-state index in [1.807, 2.05) is 72.9 Å². The fourth-order valence-corrected chi connectivity index (χ4v) is 3.97. The van der Waals surface area contributed by atoms with Crippen LogP contribution in [0.25, 0.3) is 11.1 Å². The van der Waals surface area contributed by atoms with Crippen molar-refractivity contribution in [3.8, 4) is 28.4 Å². The highest BCUT2D eigenvalue weighted by atomic mass is 19.4. The molecule has 0 spiro atoms. The van der Waals surface area contributed by atoms with Gasteiger partial charge in [-0.2, -0.15) is 18.3 Å². The van der Waals surface area contributed by atoms with Crippen LogP contribution in [0.15, 0.2) is 79.1 Å². The lowest BCUT2D eigenvalue weighted by atomic mass is 9.95. The van der Waals surface area contributed by atoms with E-state index in [2.05, 4.69) is 15.5 Å². The first-order valence-corrected chi connectivity index (χ1v) is 12.3. The third-order valence-electron chi connectivity index (χ3n) is 6.10. The predicted molar refractivity (Wildman–Crippen MR) is 143 cm³/mol. The number of carboxylic acids is 1. The molecule has 41 heavy (non-hydrogen) atoms. The fourth-order valence-electron chi connectivity index (χ4n) is 3.97. The lowest BCUT2D eigenvalue weighted by Gasteiger charge is -2.25. The molecule has 1 amide bonds. The van der Waals surface area contributed by atoms with E-state index in [9.17, 15) is 18.0 Å². The number of carbonyl (C=O) groups excluding carboxylic acids is 1. The van der Waals surface area contributed by atoms with Gasteiger partial charge in [-0.25, -0.2) is 4.79 Å². The van der Waals surface area contributed by atoms with Crippen LogP contribution in [0.1, 0.15) is 11.1 Å². The number of H-pyrrole nitrogens is 1. The van der Waals surface area contributed by atoms with Gasteiger partial charge in [-0.1, -0.05) is 36.4 Å². The van der Waals surface area contributed by atoms with Crippen molar-refractivity contribution in [2.75, 3.05) is 19.0 Å². The zero-order valence-electron chi connectivity index (χ0n) is 21.8. The van der Waals surface area contributed by atoms with Crippen molar-refractivity contribution in [3.05, 3.63) is 90.3 Å². The maximum Gasteiger partial charge on any atom is 0.490 e. The van der Waals surface area contributed by atoms with Crippen molar-refractivity contribution in [3.63, 3.8) is 0 Å². The summed E-state index contributed by atoms with van der Waals surface area (Å²) < 4.78 is 49.0. The van der Waals surface area contributed by atoms with Gasteiger partial charge in [-0.05, 0) is 53.4 Å². The Balaban J connectivity index is 0.000000493. The number of benzene rings is 3. The summed E-state index contributed by atoms with van der Waals surface area (Å²) in [5.41, 5.74) is 4.50. The molecule has 0 saturated heterocycles. The Morgan fingerprint density at radius 3 is 2.51 bits per heavy atom. The number of rotatable bonds is 7. The highest BCUT2D eigenvalue weighted by Crippen LogP contribution is 2.34. The number of ether oxygens (including phenoxy) is 3. The van der Waals surface area contributed by atoms with E-state index in [0.717, 1.165) is 33.8 Å². The molecule has 1 aliphatic heterocycles. The van der Waals surface area contributed by atoms with Crippen LogP contribution >= 0.6 is 0 Å². The van der Waals surface area contributed by atoms with E-state index in [1.54, 1.807) is 13.3 Å². The molecule has 2 heterocycles. The molecule has 9 nitrogen and oxygen atoms in total. The Hall–Kier alpha value is -5.00. The summed E-state index contributed by atoms with van der Waals surface area (Å²) in [5, 5.41) is 17.0. The molecule has 214 valence electrons. The predicted octanol–water partition coefficient (Wildman–Crippen LogP) is 5.49. The largest absolute Gasteiger partial charge is 0.497 e. The quantitative estimate of drug-likeness (QED) is 0.269. The van der Waals surface area contributed by atoms with E-state index in [4.69, 9.17) is 24.1 Å². The number of aromatic amines is 1. The van der Waals surface area contributed by atoms with E-state index in [-0.39, 0.29) is 11.8 Å². The molecule has 5 rings (SSSR count). The summed E-state index contributed by atoms with van der Waals surface area (Å²) in [5.74, 6) is -1.07. The molecule has 0 saturated carbocycles. The van der Waals surface area contributed by atoms with Crippen molar-refractivity contribution in [2.24, 2.45) is 5.92 Å². The first-order valence-electron chi connectivity index (χ1n) is 12.3. The smallest absolute Gasteiger partial charge is 0.490 e. The number of methoxy groups -OCH3 is 1. The number of anilines is 1.